The van der Waals surface area contributed by atoms with Crippen molar-refractivity contribution in [1.82, 2.24) is 14.1 Å². The Labute approximate surface area is 175 Å². The van der Waals surface area contributed by atoms with Gasteiger partial charge in [0.05, 0.1) is 18.6 Å². The summed E-state index contributed by atoms with van der Waals surface area (Å²) in [5.74, 6) is 0.734. The standard InChI is InChI=1S/C21H35N3O4S/c1-16-15-20(28-4)17(2)18(3)21(16)29(26,27)24-7-5-19(6-8-24)23-11-9-22(10-12-23)13-14-25/h15,19,25H,5-14H2,1-4H3. The minimum atomic E-state index is -3.52. The van der Waals surface area contributed by atoms with Crippen molar-refractivity contribution in [3.63, 3.8) is 0 Å². The van der Waals surface area contributed by atoms with E-state index in [2.05, 4.69) is 9.80 Å². The predicted molar refractivity (Wildman–Crippen MR) is 114 cm³/mol. The maximum absolute atomic E-state index is 13.4. The number of piperazine rings is 1. The van der Waals surface area contributed by atoms with Crippen molar-refractivity contribution < 1.29 is 18.3 Å². The Morgan fingerprint density at radius 3 is 2.21 bits per heavy atom. The summed E-state index contributed by atoms with van der Waals surface area (Å²) < 4.78 is 33.9. The highest BCUT2D eigenvalue weighted by atomic mass is 32.2. The van der Waals surface area contributed by atoms with Gasteiger partial charge < -0.3 is 9.84 Å². The number of nitrogens with zero attached hydrogens (tertiary/aromatic N) is 3. The van der Waals surface area contributed by atoms with Crippen molar-refractivity contribution in [3.8, 4) is 5.75 Å². The first-order chi connectivity index (χ1) is 13.8. The van der Waals surface area contributed by atoms with Crippen LogP contribution in [0.4, 0.5) is 0 Å². The van der Waals surface area contributed by atoms with Crippen molar-refractivity contribution in [3.05, 3.63) is 22.8 Å². The molecule has 0 saturated carbocycles. The van der Waals surface area contributed by atoms with Gasteiger partial charge in [0.25, 0.3) is 0 Å². The lowest BCUT2D eigenvalue weighted by Gasteiger charge is -2.42. The number of aryl methyl sites for hydroxylation is 1. The molecular formula is C21H35N3O4S. The number of ether oxygens (including phenoxy) is 1. The van der Waals surface area contributed by atoms with Crippen molar-refractivity contribution in [2.75, 3.05) is 59.5 Å². The van der Waals surface area contributed by atoms with E-state index in [0.29, 0.717) is 24.0 Å². The lowest BCUT2D eigenvalue weighted by molar-refractivity contribution is 0.0645. The predicted octanol–water partition coefficient (Wildman–Crippen LogP) is 1.38. The molecule has 3 rings (SSSR count). The second-order valence-corrected chi connectivity index (χ2v) is 10.1. The summed E-state index contributed by atoms with van der Waals surface area (Å²) in [7, 11) is -1.90. The van der Waals surface area contributed by atoms with Crippen LogP contribution in [-0.2, 0) is 10.0 Å². The van der Waals surface area contributed by atoms with Gasteiger partial charge in [-0.05, 0) is 56.4 Å². The molecule has 2 saturated heterocycles. The fourth-order valence-corrected chi connectivity index (χ4v) is 6.66. The topological polar surface area (TPSA) is 73.3 Å². The average molecular weight is 426 g/mol. The van der Waals surface area contributed by atoms with Gasteiger partial charge in [-0.2, -0.15) is 4.31 Å². The number of methoxy groups -OCH3 is 1. The van der Waals surface area contributed by atoms with E-state index in [9.17, 15) is 8.42 Å². The zero-order valence-corrected chi connectivity index (χ0v) is 19.0. The normalized spacial score (nSPS) is 20.9. The van der Waals surface area contributed by atoms with Gasteiger partial charge >= 0.3 is 0 Å². The summed E-state index contributed by atoms with van der Waals surface area (Å²) in [5.41, 5.74) is 2.41. The van der Waals surface area contributed by atoms with Crippen LogP contribution in [0.25, 0.3) is 0 Å². The molecule has 164 valence electrons. The monoisotopic (exact) mass is 425 g/mol. The molecule has 1 aromatic rings. The summed E-state index contributed by atoms with van der Waals surface area (Å²) in [6, 6.07) is 2.27. The quantitative estimate of drug-likeness (QED) is 0.742. The van der Waals surface area contributed by atoms with Crippen molar-refractivity contribution in [1.29, 1.82) is 0 Å². The zero-order chi connectivity index (χ0) is 21.2. The van der Waals surface area contributed by atoms with Gasteiger partial charge in [0.2, 0.25) is 10.0 Å². The highest BCUT2D eigenvalue weighted by Gasteiger charge is 2.34. The number of hydrogen-bond donors (Lipinski definition) is 1. The molecule has 2 aliphatic heterocycles. The van der Waals surface area contributed by atoms with E-state index in [1.807, 2.05) is 26.8 Å². The number of aliphatic hydroxyl groups is 1. The summed E-state index contributed by atoms with van der Waals surface area (Å²) in [4.78, 5) is 5.21. The minimum absolute atomic E-state index is 0.208. The van der Waals surface area contributed by atoms with Crippen LogP contribution in [0.3, 0.4) is 0 Å². The van der Waals surface area contributed by atoms with Gasteiger partial charge in [0, 0.05) is 51.9 Å². The molecule has 29 heavy (non-hydrogen) atoms. The van der Waals surface area contributed by atoms with Crippen LogP contribution in [0.5, 0.6) is 5.75 Å². The third-order valence-electron chi connectivity index (χ3n) is 6.56. The first-order valence-electron chi connectivity index (χ1n) is 10.5. The maximum Gasteiger partial charge on any atom is 0.243 e. The Morgan fingerprint density at radius 2 is 1.66 bits per heavy atom. The molecule has 0 atom stereocenters. The Balaban J connectivity index is 1.67. The number of benzene rings is 1. The summed E-state index contributed by atoms with van der Waals surface area (Å²) >= 11 is 0. The second kappa shape index (κ2) is 9.31. The van der Waals surface area contributed by atoms with E-state index >= 15 is 0 Å². The van der Waals surface area contributed by atoms with E-state index in [0.717, 1.165) is 68.0 Å². The Hall–Kier alpha value is -1.19. The number of sulfonamides is 1. The first kappa shape index (κ1) is 22.5. The van der Waals surface area contributed by atoms with Gasteiger partial charge in [-0.15, -0.1) is 0 Å². The van der Waals surface area contributed by atoms with Crippen molar-refractivity contribution in [2.24, 2.45) is 0 Å². The fourth-order valence-electron chi connectivity index (χ4n) is 4.70. The number of aliphatic hydroxyl groups excluding tert-OH is 1. The van der Waals surface area contributed by atoms with Crippen LogP contribution in [-0.4, -0.2) is 93.2 Å². The number of hydrogen-bond acceptors (Lipinski definition) is 6. The van der Waals surface area contributed by atoms with Crippen LogP contribution >= 0.6 is 0 Å². The largest absolute Gasteiger partial charge is 0.496 e. The SMILES string of the molecule is COc1cc(C)c(S(=O)(=O)N2CCC(N3CCN(CCO)CC3)CC2)c(C)c1C. The van der Waals surface area contributed by atoms with Crippen LogP contribution in [0.2, 0.25) is 0 Å². The number of piperidine rings is 1. The van der Waals surface area contributed by atoms with E-state index in [1.54, 1.807) is 11.4 Å². The molecule has 0 bridgehead atoms. The van der Waals surface area contributed by atoms with Crippen molar-refractivity contribution >= 4 is 10.0 Å². The molecule has 0 unspecified atom stereocenters. The van der Waals surface area contributed by atoms with Crippen LogP contribution in [0.15, 0.2) is 11.0 Å². The molecule has 2 fully saturated rings. The molecule has 2 heterocycles. The maximum atomic E-state index is 13.4. The van der Waals surface area contributed by atoms with E-state index in [-0.39, 0.29) is 6.61 Å². The second-order valence-electron chi connectivity index (χ2n) is 8.21. The zero-order valence-electron chi connectivity index (χ0n) is 18.1. The van der Waals surface area contributed by atoms with Crippen LogP contribution < -0.4 is 4.74 Å². The molecule has 0 radical (unpaired) electrons. The first-order valence-corrected chi connectivity index (χ1v) is 12.0. The summed E-state index contributed by atoms with van der Waals surface area (Å²) in [6.45, 7) is 11.6. The molecule has 0 aliphatic carbocycles. The highest BCUT2D eigenvalue weighted by Crippen LogP contribution is 2.33. The Kier molecular flexibility index (Phi) is 7.22. The molecule has 0 spiro atoms. The van der Waals surface area contributed by atoms with Crippen molar-refractivity contribution in [2.45, 2.75) is 44.6 Å². The molecule has 1 N–H and O–H groups in total. The smallest absolute Gasteiger partial charge is 0.243 e. The van der Waals surface area contributed by atoms with E-state index < -0.39 is 10.0 Å². The lowest BCUT2D eigenvalue weighted by atomic mass is 10.0. The lowest BCUT2D eigenvalue weighted by Crippen LogP contribution is -2.54. The summed E-state index contributed by atoms with van der Waals surface area (Å²) in [5, 5.41) is 9.09. The molecule has 8 heteroatoms. The molecule has 1 aromatic carbocycles. The van der Waals surface area contributed by atoms with Gasteiger partial charge in [0.1, 0.15) is 5.75 Å². The fraction of sp³-hybridized carbons (Fsp3) is 0.714. The Bertz CT molecular complexity index is 812. The van der Waals surface area contributed by atoms with Crippen LogP contribution in [0.1, 0.15) is 29.5 Å². The third-order valence-corrected chi connectivity index (χ3v) is 8.75. The van der Waals surface area contributed by atoms with Gasteiger partial charge in [-0.25, -0.2) is 8.42 Å². The van der Waals surface area contributed by atoms with Gasteiger partial charge in [-0.3, -0.25) is 9.80 Å². The highest BCUT2D eigenvalue weighted by molar-refractivity contribution is 7.89. The third kappa shape index (κ3) is 4.61. The van der Waals surface area contributed by atoms with E-state index in [1.165, 1.54) is 0 Å². The molecule has 0 amide bonds. The summed E-state index contributed by atoms with van der Waals surface area (Å²) in [6.07, 6.45) is 1.74. The van der Waals surface area contributed by atoms with Gasteiger partial charge in [0.15, 0.2) is 0 Å². The van der Waals surface area contributed by atoms with Crippen LogP contribution in [0, 0.1) is 20.8 Å². The number of rotatable bonds is 6. The molecule has 7 nitrogen and oxygen atoms in total. The minimum Gasteiger partial charge on any atom is -0.496 e. The molecule has 2 aliphatic rings. The Morgan fingerprint density at radius 1 is 1.03 bits per heavy atom. The molecular weight excluding hydrogens is 390 g/mol. The number of β-amino-alcohol motifs (C(OH)–C–C–N with tert-alkyl or cyclic N) is 1. The van der Waals surface area contributed by atoms with Gasteiger partial charge in [-0.1, -0.05) is 0 Å². The van der Waals surface area contributed by atoms with E-state index in [4.69, 9.17) is 9.84 Å². The molecule has 0 aromatic heterocycles. The average Bonchev–Trinajstić information content (AvgIpc) is 2.71.